The van der Waals surface area contributed by atoms with Gasteiger partial charge in [-0.3, -0.25) is 4.40 Å². The molecule has 0 aromatic carbocycles. The van der Waals surface area contributed by atoms with Crippen molar-refractivity contribution in [1.82, 2.24) is 14.6 Å². The summed E-state index contributed by atoms with van der Waals surface area (Å²) < 4.78 is 2.13. The highest BCUT2D eigenvalue weighted by atomic mass is 32.2. The van der Waals surface area contributed by atoms with E-state index in [1.165, 1.54) is 5.03 Å². The zero-order valence-electron chi connectivity index (χ0n) is 9.48. The summed E-state index contributed by atoms with van der Waals surface area (Å²) in [6.45, 7) is 6.46. The molecule has 3 nitrogen and oxygen atoms in total. The maximum Gasteiger partial charge on any atom is 0.161 e. The minimum Gasteiger partial charge on any atom is -0.273 e. The molecule has 0 fully saturated rings. The predicted molar refractivity (Wildman–Crippen MR) is 63.5 cm³/mol. The maximum absolute atomic E-state index is 4.27. The molecule has 2 aromatic heterocycles. The first kappa shape index (κ1) is 10.5. The van der Waals surface area contributed by atoms with Gasteiger partial charge < -0.3 is 0 Å². The lowest BCUT2D eigenvalue weighted by Gasteiger charge is -2.17. The molecule has 0 aliphatic rings. The van der Waals surface area contributed by atoms with Crippen molar-refractivity contribution in [3.8, 4) is 0 Å². The summed E-state index contributed by atoms with van der Waals surface area (Å²) in [4.78, 5) is 0. The smallest absolute Gasteiger partial charge is 0.161 e. The first-order chi connectivity index (χ1) is 7.04. The molecule has 0 aliphatic carbocycles. The number of hydrogen-bond donors (Lipinski definition) is 0. The Morgan fingerprint density at radius 1 is 1.20 bits per heavy atom. The van der Waals surface area contributed by atoms with Gasteiger partial charge in [-0.2, -0.15) is 0 Å². The van der Waals surface area contributed by atoms with Crippen molar-refractivity contribution >= 4 is 17.4 Å². The standard InChI is InChI=1S/C11H15N3S/c1-11(2,3)10-13-12-8-6-5-7-9(15-4)14(8)10/h5-7H,1-4H3. The van der Waals surface area contributed by atoms with E-state index >= 15 is 0 Å². The van der Waals surface area contributed by atoms with E-state index in [2.05, 4.69) is 47.7 Å². The van der Waals surface area contributed by atoms with E-state index in [9.17, 15) is 0 Å². The number of thioether (sulfide) groups is 1. The summed E-state index contributed by atoms with van der Waals surface area (Å²) in [6, 6.07) is 6.10. The van der Waals surface area contributed by atoms with E-state index in [1.807, 2.05) is 12.1 Å². The van der Waals surface area contributed by atoms with Gasteiger partial charge in [-0.05, 0) is 18.4 Å². The second-order valence-corrected chi connectivity index (χ2v) is 5.36. The fraction of sp³-hybridized carbons (Fsp3) is 0.455. The molecule has 0 N–H and O–H groups in total. The van der Waals surface area contributed by atoms with Gasteiger partial charge >= 0.3 is 0 Å². The normalized spacial score (nSPS) is 12.3. The molecule has 4 heteroatoms. The monoisotopic (exact) mass is 221 g/mol. The number of rotatable bonds is 1. The van der Waals surface area contributed by atoms with Crippen molar-refractivity contribution in [2.45, 2.75) is 31.2 Å². The van der Waals surface area contributed by atoms with Crippen LogP contribution in [0, 0.1) is 0 Å². The van der Waals surface area contributed by atoms with Crippen LogP contribution in [0.15, 0.2) is 23.2 Å². The van der Waals surface area contributed by atoms with Gasteiger partial charge in [0.25, 0.3) is 0 Å². The second kappa shape index (κ2) is 3.52. The molecule has 0 unspecified atom stereocenters. The SMILES string of the molecule is CSc1cccc2nnc(C(C)(C)C)n12. The molecular formula is C11H15N3S. The minimum atomic E-state index is 0.0191. The van der Waals surface area contributed by atoms with Crippen molar-refractivity contribution < 1.29 is 0 Å². The van der Waals surface area contributed by atoms with Gasteiger partial charge in [-0.15, -0.1) is 22.0 Å². The van der Waals surface area contributed by atoms with Gasteiger partial charge in [0, 0.05) is 5.41 Å². The zero-order chi connectivity index (χ0) is 11.1. The van der Waals surface area contributed by atoms with Crippen LogP contribution in [0.1, 0.15) is 26.6 Å². The molecule has 0 saturated heterocycles. The molecule has 0 spiro atoms. The Balaban J connectivity index is 2.77. The first-order valence-electron chi connectivity index (χ1n) is 4.92. The Kier molecular flexibility index (Phi) is 2.46. The number of aromatic nitrogens is 3. The molecule has 0 bridgehead atoms. The predicted octanol–water partition coefficient (Wildman–Crippen LogP) is 2.75. The minimum absolute atomic E-state index is 0.0191. The van der Waals surface area contributed by atoms with Gasteiger partial charge in [-0.25, -0.2) is 0 Å². The number of pyridine rings is 1. The Morgan fingerprint density at radius 2 is 1.93 bits per heavy atom. The number of hydrogen-bond acceptors (Lipinski definition) is 3. The van der Waals surface area contributed by atoms with Crippen LogP contribution in [0.25, 0.3) is 5.65 Å². The van der Waals surface area contributed by atoms with E-state index in [0.717, 1.165) is 11.5 Å². The van der Waals surface area contributed by atoms with Crippen LogP contribution in [0.3, 0.4) is 0 Å². The number of nitrogens with zero attached hydrogens (tertiary/aromatic N) is 3. The molecule has 0 atom stereocenters. The van der Waals surface area contributed by atoms with Crippen molar-refractivity contribution in [3.63, 3.8) is 0 Å². The van der Waals surface area contributed by atoms with Crippen LogP contribution in [-0.2, 0) is 5.41 Å². The van der Waals surface area contributed by atoms with E-state index in [1.54, 1.807) is 11.8 Å². The third kappa shape index (κ3) is 1.74. The Morgan fingerprint density at radius 3 is 2.53 bits per heavy atom. The first-order valence-corrected chi connectivity index (χ1v) is 6.15. The lowest BCUT2D eigenvalue weighted by atomic mass is 9.96. The maximum atomic E-state index is 4.27. The summed E-state index contributed by atoms with van der Waals surface area (Å²) >= 11 is 1.72. The van der Waals surface area contributed by atoms with Crippen LogP contribution in [0.4, 0.5) is 0 Å². The van der Waals surface area contributed by atoms with E-state index < -0.39 is 0 Å². The molecule has 0 saturated carbocycles. The van der Waals surface area contributed by atoms with E-state index in [4.69, 9.17) is 0 Å². The van der Waals surface area contributed by atoms with Crippen LogP contribution in [-0.4, -0.2) is 20.9 Å². The van der Waals surface area contributed by atoms with Crippen LogP contribution < -0.4 is 0 Å². The molecular weight excluding hydrogens is 206 g/mol. The lowest BCUT2D eigenvalue weighted by molar-refractivity contribution is 0.532. The summed E-state index contributed by atoms with van der Waals surface area (Å²) in [5.41, 5.74) is 0.942. The van der Waals surface area contributed by atoms with Crippen molar-refractivity contribution in [3.05, 3.63) is 24.0 Å². The quantitative estimate of drug-likeness (QED) is 0.694. The van der Waals surface area contributed by atoms with Crippen molar-refractivity contribution in [2.75, 3.05) is 6.26 Å². The van der Waals surface area contributed by atoms with Crippen molar-refractivity contribution in [1.29, 1.82) is 0 Å². The van der Waals surface area contributed by atoms with Crippen LogP contribution in [0.2, 0.25) is 0 Å². The van der Waals surface area contributed by atoms with Crippen molar-refractivity contribution in [2.24, 2.45) is 0 Å². The molecule has 2 aromatic rings. The Labute approximate surface area is 93.9 Å². The second-order valence-electron chi connectivity index (χ2n) is 4.54. The highest BCUT2D eigenvalue weighted by Gasteiger charge is 2.21. The molecule has 80 valence electrons. The summed E-state index contributed by atoms with van der Waals surface area (Å²) in [7, 11) is 0. The molecule has 0 amide bonds. The third-order valence-corrected chi connectivity index (χ3v) is 3.01. The van der Waals surface area contributed by atoms with E-state index in [-0.39, 0.29) is 5.41 Å². The zero-order valence-corrected chi connectivity index (χ0v) is 10.3. The number of fused-ring (bicyclic) bond motifs is 1. The van der Waals surface area contributed by atoms with Gasteiger partial charge in [0.1, 0.15) is 5.82 Å². The highest BCUT2D eigenvalue weighted by molar-refractivity contribution is 7.98. The highest BCUT2D eigenvalue weighted by Crippen LogP contribution is 2.25. The summed E-state index contributed by atoms with van der Waals surface area (Å²) in [6.07, 6.45) is 2.07. The molecule has 15 heavy (non-hydrogen) atoms. The molecule has 2 heterocycles. The topological polar surface area (TPSA) is 30.2 Å². The van der Waals surface area contributed by atoms with Crippen LogP contribution in [0.5, 0.6) is 0 Å². The van der Waals surface area contributed by atoms with Gasteiger partial charge in [0.05, 0.1) is 5.03 Å². The van der Waals surface area contributed by atoms with Gasteiger partial charge in [0.15, 0.2) is 5.65 Å². The summed E-state index contributed by atoms with van der Waals surface area (Å²) in [5.74, 6) is 1.02. The summed E-state index contributed by atoms with van der Waals surface area (Å²) in [5, 5.41) is 9.65. The van der Waals surface area contributed by atoms with E-state index in [0.29, 0.717) is 0 Å². The third-order valence-electron chi connectivity index (χ3n) is 2.27. The lowest BCUT2D eigenvalue weighted by Crippen LogP contribution is -2.16. The average Bonchev–Trinajstić information content (AvgIpc) is 2.59. The molecule has 0 aliphatic heterocycles. The van der Waals surface area contributed by atoms with Crippen LogP contribution >= 0.6 is 11.8 Å². The Hall–Kier alpha value is -1.03. The van der Waals surface area contributed by atoms with Gasteiger partial charge in [0.2, 0.25) is 0 Å². The Bertz CT molecular complexity index is 482. The van der Waals surface area contributed by atoms with Gasteiger partial charge in [-0.1, -0.05) is 26.8 Å². The average molecular weight is 221 g/mol. The largest absolute Gasteiger partial charge is 0.273 e. The fourth-order valence-corrected chi connectivity index (χ4v) is 2.13. The fourth-order valence-electron chi connectivity index (χ4n) is 1.56. The molecule has 0 radical (unpaired) electrons. The molecule has 2 rings (SSSR count).